The molecule has 1 N–H and O–H groups in total. The topological polar surface area (TPSA) is 39.1 Å². The molecule has 4 heteroatoms. The van der Waals surface area contributed by atoms with Gasteiger partial charge in [-0.2, -0.15) is 5.10 Å². The number of hydrogen-bond donors (Lipinski definition) is 1. The van der Waals surface area contributed by atoms with E-state index in [0.717, 1.165) is 45.6 Å². The predicted molar refractivity (Wildman–Crippen MR) is 67.9 cm³/mol. The molecule has 1 aliphatic heterocycles. The number of nitrogens with zero attached hydrogens (tertiary/aromatic N) is 2. The van der Waals surface area contributed by atoms with Gasteiger partial charge in [0, 0.05) is 33.0 Å². The predicted octanol–water partition coefficient (Wildman–Crippen LogP) is 1.37. The van der Waals surface area contributed by atoms with Crippen molar-refractivity contribution in [2.24, 2.45) is 12.5 Å². The summed E-state index contributed by atoms with van der Waals surface area (Å²) in [5.74, 6) is 0. The molecule has 0 saturated carbocycles. The molecule has 2 rings (SSSR count). The van der Waals surface area contributed by atoms with Gasteiger partial charge < -0.3 is 10.1 Å². The lowest BCUT2D eigenvalue weighted by atomic mass is 9.75. The summed E-state index contributed by atoms with van der Waals surface area (Å²) in [6.07, 6.45) is 7.52. The maximum Gasteiger partial charge on any atom is 0.0521 e. The van der Waals surface area contributed by atoms with Crippen LogP contribution in [-0.2, 0) is 18.2 Å². The summed E-state index contributed by atoms with van der Waals surface area (Å²) >= 11 is 0. The van der Waals surface area contributed by atoms with Crippen LogP contribution < -0.4 is 5.32 Å². The average molecular weight is 237 g/mol. The maximum atomic E-state index is 5.50. The van der Waals surface area contributed by atoms with E-state index in [1.54, 1.807) is 0 Å². The summed E-state index contributed by atoms with van der Waals surface area (Å²) < 4.78 is 7.38. The van der Waals surface area contributed by atoms with Gasteiger partial charge in [0.1, 0.15) is 0 Å². The first-order chi connectivity index (χ1) is 8.24. The smallest absolute Gasteiger partial charge is 0.0521 e. The zero-order valence-electron chi connectivity index (χ0n) is 10.9. The molecule has 4 nitrogen and oxygen atoms in total. The Hall–Kier alpha value is -0.870. The molecule has 2 heterocycles. The highest BCUT2D eigenvalue weighted by molar-refractivity contribution is 5.08. The second kappa shape index (κ2) is 5.65. The molecule has 0 aliphatic carbocycles. The fourth-order valence-corrected chi connectivity index (χ4v) is 2.61. The maximum absolute atomic E-state index is 5.50. The lowest BCUT2D eigenvalue weighted by Crippen LogP contribution is -2.40. The van der Waals surface area contributed by atoms with E-state index >= 15 is 0 Å². The third-order valence-corrected chi connectivity index (χ3v) is 3.64. The van der Waals surface area contributed by atoms with Gasteiger partial charge in [0.05, 0.1) is 6.20 Å². The van der Waals surface area contributed by atoms with Crippen molar-refractivity contribution in [1.29, 1.82) is 0 Å². The van der Waals surface area contributed by atoms with E-state index in [1.807, 2.05) is 17.9 Å². The molecule has 96 valence electrons. The summed E-state index contributed by atoms with van der Waals surface area (Å²) in [7, 11) is 1.98. The van der Waals surface area contributed by atoms with Crippen LogP contribution in [0.5, 0.6) is 0 Å². The van der Waals surface area contributed by atoms with Crippen molar-refractivity contribution in [3.8, 4) is 0 Å². The molecule has 1 saturated heterocycles. The summed E-state index contributed by atoms with van der Waals surface area (Å²) in [6.45, 7) is 6.08. The Morgan fingerprint density at radius 3 is 2.82 bits per heavy atom. The number of hydrogen-bond acceptors (Lipinski definition) is 3. The summed E-state index contributed by atoms with van der Waals surface area (Å²) in [4.78, 5) is 0. The minimum atomic E-state index is 0.358. The van der Waals surface area contributed by atoms with Crippen LogP contribution >= 0.6 is 0 Å². The van der Waals surface area contributed by atoms with Gasteiger partial charge >= 0.3 is 0 Å². The van der Waals surface area contributed by atoms with Gasteiger partial charge in [-0.1, -0.05) is 6.92 Å². The molecule has 0 spiro atoms. The molecular weight excluding hydrogens is 214 g/mol. The SMILES string of the molecule is CCNCC1(Cc2cnn(C)c2)CCOCC1. The quantitative estimate of drug-likeness (QED) is 0.840. The molecule has 17 heavy (non-hydrogen) atoms. The fourth-order valence-electron chi connectivity index (χ4n) is 2.61. The monoisotopic (exact) mass is 237 g/mol. The molecule has 0 atom stereocenters. The Balaban J connectivity index is 2.03. The zero-order valence-corrected chi connectivity index (χ0v) is 10.9. The normalized spacial score (nSPS) is 19.4. The molecule has 1 aliphatic rings. The van der Waals surface area contributed by atoms with Crippen LogP contribution in [0.4, 0.5) is 0 Å². The largest absolute Gasteiger partial charge is 0.381 e. The van der Waals surface area contributed by atoms with Gasteiger partial charge in [0.2, 0.25) is 0 Å². The fraction of sp³-hybridized carbons (Fsp3) is 0.769. The van der Waals surface area contributed by atoms with E-state index < -0.39 is 0 Å². The Bertz CT molecular complexity index is 342. The van der Waals surface area contributed by atoms with Crippen LogP contribution in [0.2, 0.25) is 0 Å². The summed E-state index contributed by atoms with van der Waals surface area (Å²) in [5, 5.41) is 7.76. The lowest BCUT2D eigenvalue weighted by molar-refractivity contribution is 0.0152. The highest BCUT2D eigenvalue weighted by Crippen LogP contribution is 2.33. The first-order valence-electron chi connectivity index (χ1n) is 6.50. The average Bonchev–Trinajstić information content (AvgIpc) is 2.73. The van der Waals surface area contributed by atoms with E-state index in [9.17, 15) is 0 Å². The Kier molecular flexibility index (Phi) is 4.18. The minimum Gasteiger partial charge on any atom is -0.381 e. The number of rotatable bonds is 5. The van der Waals surface area contributed by atoms with Crippen LogP contribution in [0.1, 0.15) is 25.3 Å². The third-order valence-electron chi connectivity index (χ3n) is 3.64. The number of aryl methyl sites for hydroxylation is 1. The van der Waals surface area contributed by atoms with Crippen molar-refractivity contribution >= 4 is 0 Å². The zero-order chi connectivity index (χ0) is 12.1. The van der Waals surface area contributed by atoms with E-state index in [2.05, 4.69) is 23.5 Å². The van der Waals surface area contributed by atoms with E-state index in [0.29, 0.717) is 5.41 Å². The van der Waals surface area contributed by atoms with Crippen LogP contribution in [0, 0.1) is 5.41 Å². The van der Waals surface area contributed by atoms with Gasteiger partial charge in [-0.25, -0.2) is 0 Å². The van der Waals surface area contributed by atoms with Crippen molar-refractivity contribution in [2.75, 3.05) is 26.3 Å². The van der Waals surface area contributed by atoms with Gasteiger partial charge in [-0.15, -0.1) is 0 Å². The highest BCUT2D eigenvalue weighted by atomic mass is 16.5. The van der Waals surface area contributed by atoms with Crippen molar-refractivity contribution in [3.63, 3.8) is 0 Å². The Morgan fingerprint density at radius 2 is 2.24 bits per heavy atom. The molecule has 0 bridgehead atoms. The molecule has 1 fully saturated rings. The summed E-state index contributed by atoms with van der Waals surface area (Å²) in [6, 6.07) is 0. The Labute approximate surface area is 103 Å². The first-order valence-corrected chi connectivity index (χ1v) is 6.50. The first kappa shape index (κ1) is 12.6. The summed E-state index contributed by atoms with van der Waals surface area (Å²) in [5.41, 5.74) is 1.70. The number of aromatic nitrogens is 2. The third kappa shape index (κ3) is 3.30. The Morgan fingerprint density at radius 1 is 1.47 bits per heavy atom. The van der Waals surface area contributed by atoms with Crippen molar-refractivity contribution in [3.05, 3.63) is 18.0 Å². The van der Waals surface area contributed by atoms with Crippen molar-refractivity contribution in [1.82, 2.24) is 15.1 Å². The standard InChI is InChI=1S/C13H23N3O/c1-3-14-11-13(4-6-17-7-5-13)8-12-9-15-16(2)10-12/h9-10,14H,3-8,11H2,1-2H3. The van der Waals surface area contributed by atoms with Crippen molar-refractivity contribution in [2.45, 2.75) is 26.2 Å². The van der Waals surface area contributed by atoms with Gasteiger partial charge in [-0.3, -0.25) is 4.68 Å². The molecule has 1 aromatic heterocycles. The van der Waals surface area contributed by atoms with Crippen LogP contribution in [-0.4, -0.2) is 36.1 Å². The molecule has 1 aromatic rings. The van der Waals surface area contributed by atoms with E-state index in [1.165, 1.54) is 5.56 Å². The number of nitrogens with one attached hydrogen (secondary N) is 1. The second-order valence-electron chi connectivity index (χ2n) is 5.09. The number of ether oxygens (including phenoxy) is 1. The second-order valence-corrected chi connectivity index (χ2v) is 5.09. The van der Waals surface area contributed by atoms with E-state index in [-0.39, 0.29) is 0 Å². The lowest BCUT2D eigenvalue weighted by Gasteiger charge is -2.37. The minimum absolute atomic E-state index is 0.358. The van der Waals surface area contributed by atoms with Gasteiger partial charge in [0.25, 0.3) is 0 Å². The molecular formula is C13H23N3O. The van der Waals surface area contributed by atoms with Crippen LogP contribution in [0.25, 0.3) is 0 Å². The molecule has 0 radical (unpaired) electrons. The van der Waals surface area contributed by atoms with Gasteiger partial charge in [0.15, 0.2) is 0 Å². The van der Waals surface area contributed by atoms with Gasteiger partial charge in [-0.05, 0) is 36.8 Å². The molecule has 0 amide bonds. The van der Waals surface area contributed by atoms with Crippen LogP contribution in [0.3, 0.4) is 0 Å². The van der Waals surface area contributed by atoms with Crippen LogP contribution in [0.15, 0.2) is 12.4 Å². The molecule has 0 unspecified atom stereocenters. The highest BCUT2D eigenvalue weighted by Gasteiger charge is 2.32. The van der Waals surface area contributed by atoms with Crippen molar-refractivity contribution < 1.29 is 4.74 Å². The van der Waals surface area contributed by atoms with E-state index in [4.69, 9.17) is 4.74 Å². The molecule has 0 aromatic carbocycles.